The van der Waals surface area contributed by atoms with Gasteiger partial charge in [-0.2, -0.15) is 5.10 Å². The Morgan fingerprint density at radius 1 is 1.41 bits per heavy atom. The number of carbonyl (C=O) groups is 1. The van der Waals surface area contributed by atoms with Crippen molar-refractivity contribution in [2.24, 2.45) is 7.05 Å². The summed E-state index contributed by atoms with van der Waals surface area (Å²) in [6.07, 6.45) is 1.95. The molecule has 0 unspecified atom stereocenters. The van der Waals surface area contributed by atoms with Crippen molar-refractivity contribution in [1.82, 2.24) is 20.4 Å². The average molecular weight is 323 g/mol. The van der Waals surface area contributed by atoms with Crippen LogP contribution in [0.25, 0.3) is 10.9 Å². The molecule has 118 valence electrons. The zero-order chi connectivity index (χ0) is 14.8. The van der Waals surface area contributed by atoms with Crippen LogP contribution < -0.4 is 16.1 Å². The topological polar surface area (TPSA) is 76.0 Å². The Kier molecular flexibility index (Phi) is 5.15. The summed E-state index contributed by atoms with van der Waals surface area (Å²) in [7, 11) is 1.74. The number of piperidine rings is 1. The van der Waals surface area contributed by atoms with Crippen LogP contribution in [0.1, 0.15) is 23.3 Å². The Labute approximate surface area is 134 Å². The molecule has 0 aliphatic carbocycles. The average Bonchev–Trinajstić information content (AvgIpc) is 2.52. The second kappa shape index (κ2) is 6.89. The van der Waals surface area contributed by atoms with Crippen molar-refractivity contribution in [3.05, 3.63) is 40.2 Å². The third-order valence-corrected chi connectivity index (χ3v) is 3.81. The number of hydrogen-bond donors (Lipinski definition) is 2. The van der Waals surface area contributed by atoms with Crippen molar-refractivity contribution < 1.29 is 4.79 Å². The first-order chi connectivity index (χ1) is 10.2. The maximum atomic E-state index is 12.4. The lowest BCUT2D eigenvalue weighted by molar-refractivity contribution is 0.0922. The van der Waals surface area contributed by atoms with Gasteiger partial charge in [-0.3, -0.25) is 14.3 Å². The summed E-state index contributed by atoms with van der Waals surface area (Å²) in [5.74, 6) is -0.393. The number of carbonyl (C=O) groups excluding carboxylic acids is 1. The van der Waals surface area contributed by atoms with Crippen LogP contribution in [0.4, 0.5) is 0 Å². The number of para-hydroxylation sites is 1. The smallest absolute Gasteiger partial charge is 0.276 e. The summed E-state index contributed by atoms with van der Waals surface area (Å²) in [6, 6.07) is 7.23. The number of nitrogens with zero attached hydrogens (tertiary/aromatic N) is 2. The fourth-order valence-electron chi connectivity index (χ4n) is 2.70. The van der Waals surface area contributed by atoms with Gasteiger partial charge < -0.3 is 10.6 Å². The summed E-state index contributed by atoms with van der Waals surface area (Å²) in [5, 5.41) is 10.8. The van der Waals surface area contributed by atoms with Gasteiger partial charge in [0.15, 0.2) is 5.69 Å². The molecule has 6 nitrogen and oxygen atoms in total. The maximum Gasteiger partial charge on any atom is 0.276 e. The van der Waals surface area contributed by atoms with Crippen LogP contribution in [0.3, 0.4) is 0 Å². The van der Waals surface area contributed by atoms with E-state index in [-0.39, 0.29) is 29.6 Å². The van der Waals surface area contributed by atoms with E-state index in [4.69, 9.17) is 0 Å². The van der Waals surface area contributed by atoms with Crippen LogP contribution in [0.5, 0.6) is 0 Å². The van der Waals surface area contributed by atoms with Crippen molar-refractivity contribution in [2.75, 3.05) is 13.1 Å². The van der Waals surface area contributed by atoms with Gasteiger partial charge in [-0.05, 0) is 31.5 Å². The summed E-state index contributed by atoms with van der Waals surface area (Å²) < 4.78 is 1.57. The van der Waals surface area contributed by atoms with Gasteiger partial charge in [0.2, 0.25) is 5.43 Å². The SMILES string of the molecule is Cl.Cn1nc(C(=O)N[C@H]2CCCNC2)c(=O)c2ccccc21. The van der Waals surface area contributed by atoms with Gasteiger partial charge in [-0.15, -0.1) is 12.4 Å². The van der Waals surface area contributed by atoms with Gasteiger partial charge in [0.25, 0.3) is 5.91 Å². The van der Waals surface area contributed by atoms with Gasteiger partial charge in [0.05, 0.1) is 5.52 Å². The molecule has 0 bridgehead atoms. The number of rotatable bonds is 2. The van der Waals surface area contributed by atoms with Crippen molar-refractivity contribution in [3.8, 4) is 0 Å². The predicted octanol–water partition coefficient (Wildman–Crippen LogP) is 0.837. The number of benzene rings is 1. The van der Waals surface area contributed by atoms with Crippen molar-refractivity contribution in [3.63, 3.8) is 0 Å². The highest BCUT2D eigenvalue weighted by Crippen LogP contribution is 2.08. The number of aryl methyl sites for hydroxylation is 1. The Morgan fingerprint density at radius 2 is 2.18 bits per heavy atom. The van der Waals surface area contributed by atoms with E-state index in [0.29, 0.717) is 5.39 Å². The van der Waals surface area contributed by atoms with E-state index in [1.165, 1.54) is 0 Å². The summed E-state index contributed by atoms with van der Waals surface area (Å²) in [6.45, 7) is 1.71. The highest BCUT2D eigenvalue weighted by molar-refractivity contribution is 5.95. The van der Waals surface area contributed by atoms with Gasteiger partial charge in [-0.1, -0.05) is 12.1 Å². The highest BCUT2D eigenvalue weighted by Gasteiger charge is 2.20. The van der Waals surface area contributed by atoms with Crippen LogP contribution in [-0.2, 0) is 7.05 Å². The summed E-state index contributed by atoms with van der Waals surface area (Å²) in [4.78, 5) is 24.7. The summed E-state index contributed by atoms with van der Waals surface area (Å²) >= 11 is 0. The van der Waals surface area contributed by atoms with Crippen LogP contribution in [0.15, 0.2) is 29.1 Å². The van der Waals surface area contributed by atoms with Crippen LogP contribution in [0, 0.1) is 0 Å². The number of fused-ring (bicyclic) bond motifs is 1. The quantitative estimate of drug-likeness (QED) is 0.859. The minimum Gasteiger partial charge on any atom is -0.347 e. The number of hydrogen-bond acceptors (Lipinski definition) is 4. The van der Waals surface area contributed by atoms with Crippen molar-refractivity contribution in [1.29, 1.82) is 0 Å². The molecule has 2 aromatic rings. The largest absolute Gasteiger partial charge is 0.347 e. The molecule has 0 radical (unpaired) electrons. The van der Waals surface area contributed by atoms with Crippen LogP contribution >= 0.6 is 12.4 Å². The van der Waals surface area contributed by atoms with Crippen LogP contribution in [-0.4, -0.2) is 34.8 Å². The second-order valence-corrected chi connectivity index (χ2v) is 5.34. The number of halogens is 1. The minimum absolute atomic E-state index is 0. The zero-order valence-electron chi connectivity index (χ0n) is 12.3. The first kappa shape index (κ1) is 16.5. The Balaban J connectivity index is 0.00000176. The summed E-state index contributed by atoms with van der Waals surface area (Å²) in [5.41, 5.74) is 0.366. The zero-order valence-corrected chi connectivity index (χ0v) is 13.2. The third kappa shape index (κ3) is 3.13. The molecule has 1 atom stereocenters. The molecule has 1 amide bonds. The molecule has 1 saturated heterocycles. The first-order valence-corrected chi connectivity index (χ1v) is 7.14. The molecule has 0 saturated carbocycles. The van der Waals surface area contributed by atoms with Gasteiger partial charge in [0.1, 0.15) is 0 Å². The van der Waals surface area contributed by atoms with E-state index in [0.717, 1.165) is 31.4 Å². The van der Waals surface area contributed by atoms with E-state index in [2.05, 4.69) is 15.7 Å². The van der Waals surface area contributed by atoms with Gasteiger partial charge in [-0.25, -0.2) is 0 Å². The molecular formula is C15H19ClN4O2. The standard InChI is InChI=1S/C15H18N4O2.ClH/c1-19-12-7-3-2-6-11(12)14(20)13(18-19)15(21)17-10-5-4-8-16-9-10;/h2-3,6-7,10,16H,4-5,8-9H2,1H3,(H,17,21);1H/t10-;/m0./s1. The van der Waals surface area contributed by atoms with Gasteiger partial charge in [0, 0.05) is 25.0 Å². The lowest BCUT2D eigenvalue weighted by Gasteiger charge is -2.23. The molecule has 7 heteroatoms. The van der Waals surface area contributed by atoms with Gasteiger partial charge >= 0.3 is 0 Å². The van der Waals surface area contributed by atoms with Crippen molar-refractivity contribution >= 4 is 29.2 Å². The fraction of sp³-hybridized carbons (Fsp3) is 0.400. The lowest BCUT2D eigenvalue weighted by atomic mass is 10.1. The van der Waals surface area contributed by atoms with E-state index in [1.54, 1.807) is 23.9 Å². The molecule has 3 rings (SSSR count). The maximum absolute atomic E-state index is 12.4. The molecule has 1 aromatic heterocycles. The molecule has 1 aliphatic heterocycles. The fourth-order valence-corrected chi connectivity index (χ4v) is 2.70. The molecular weight excluding hydrogens is 304 g/mol. The Bertz CT molecular complexity index is 738. The molecule has 1 fully saturated rings. The second-order valence-electron chi connectivity index (χ2n) is 5.34. The molecule has 2 heterocycles. The number of amides is 1. The van der Waals surface area contributed by atoms with Crippen LogP contribution in [0.2, 0.25) is 0 Å². The monoisotopic (exact) mass is 322 g/mol. The predicted molar refractivity (Wildman–Crippen MR) is 87.6 cm³/mol. The lowest BCUT2D eigenvalue weighted by Crippen LogP contribution is -2.47. The third-order valence-electron chi connectivity index (χ3n) is 3.81. The van der Waals surface area contributed by atoms with Crippen molar-refractivity contribution in [2.45, 2.75) is 18.9 Å². The molecule has 22 heavy (non-hydrogen) atoms. The molecule has 1 aliphatic rings. The molecule has 0 spiro atoms. The van der Waals surface area contributed by atoms with E-state index < -0.39 is 5.91 Å². The Hall–Kier alpha value is -1.92. The van der Waals surface area contributed by atoms with E-state index >= 15 is 0 Å². The molecule has 1 aromatic carbocycles. The first-order valence-electron chi connectivity index (χ1n) is 7.14. The van der Waals surface area contributed by atoms with E-state index in [9.17, 15) is 9.59 Å². The normalized spacial score (nSPS) is 17.8. The highest BCUT2D eigenvalue weighted by atomic mass is 35.5. The molecule has 2 N–H and O–H groups in total. The number of aromatic nitrogens is 2. The minimum atomic E-state index is -0.393. The van der Waals surface area contributed by atoms with E-state index in [1.807, 2.05) is 12.1 Å². The number of nitrogens with one attached hydrogen (secondary N) is 2. The Morgan fingerprint density at radius 3 is 2.91 bits per heavy atom.